The first-order chi connectivity index (χ1) is 12.0. The van der Waals surface area contributed by atoms with E-state index in [1.165, 1.54) is 12.1 Å². The number of amides is 1. The van der Waals surface area contributed by atoms with Crippen molar-refractivity contribution in [1.82, 2.24) is 10.4 Å². The number of nitrogens with zero attached hydrogens (tertiary/aromatic N) is 1. The lowest BCUT2D eigenvalue weighted by molar-refractivity contribution is -0.143. The molecule has 1 aliphatic heterocycles. The molecule has 2 rings (SSSR count). The molecule has 0 saturated carbocycles. The Balaban J connectivity index is 2.16. The van der Waals surface area contributed by atoms with Crippen LogP contribution in [0.1, 0.15) is 12.5 Å². The van der Waals surface area contributed by atoms with E-state index >= 15 is 0 Å². The Morgan fingerprint density at radius 2 is 2.12 bits per heavy atom. The zero-order chi connectivity index (χ0) is 18.4. The van der Waals surface area contributed by atoms with Crippen molar-refractivity contribution in [3.05, 3.63) is 28.7 Å². The van der Waals surface area contributed by atoms with Gasteiger partial charge in [-0.05, 0) is 25.1 Å². The van der Waals surface area contributed by atoms with Crippen molar-refractivity contribution < 1.29 is 23.8 Å². The molecule has 25 heavy (non-hydrogen) atoms. The van der Waals surface area contributed by atoms with Gasteiger partial charge in [0.2, 0.25) is 0 Å². The summed E-state index contributed by atoms with van der Waals surface area (Å²) in [5.74, 6) is 0.427. The molecule has 1 aromatic carbocycles. The van der Waals surface area contributed by atoms with Crippen LogP contribution in [0.25, 0.3) is 6.08 Å². The van der Waals surface area contributed by atoms with Gasteiger partial charge in [-0.15, -0.1) is 0 Å². The number of thioether (sulfide) groups is 1. The molecule has 9 heteroatoms. The average molecular weight is 382 g/mol. The summed E-state index contributed by atoms with van der Waals surface area (Å²) in [6.45, 7) is 1.85. The van der Waals surface area contributed by atoms with Gasteiger partial charge in [-0.2, -0.15) is 0 Å². The highest BCUT2D eigenvalue weighted by atomic mass is 32.2. The first-order valence-corrected chi connectivity index (χ1v) is 8.61. The van der Waals surface area contributed by atoms with E-state index in [1.807, 2.05) is 0 Å². The molecule has 1 aliphatic rings. The van der Waals surface area contributed by atoms with Crippen molar-refractivity contribution in [2.75, 3.05) is 27.4 Å². The lowest BCUT2D eigenvalue weighted by atomic mass is 10.1. The van der Waals surface area contributed by atoms with Gasteiger partial charge in [-0.25, -0.2) is 10.4 Å². The summed E-state index contributed by atoms with van der Waals surface area (Å²) in [5.41, 5.74) is 3.40. The highest BCUT2D eigenvalue weighted by molar-refractivity contribution is 8.26. The summed E-state index contributed by atoms with van der Waals surface area (Å²) >= 11 is 6.33. The molecule has 0 bridgehead atoms. The number of nitrogens with one attached hydrogen (secondary N) is 1. The maximum atomic E-state index is 12.5. The molecular formula is C16H18N2O5S2. The molecule has 0 aromatic heterocycles. The van der Waals surface area contributed by atoms with E-state index in [-0.39, 0.29) is 19.1 Å². The SMILES string of the molecule is CCOC(=O)CNN1C(=O)/C(=C\c2ccc(OC)cc2OC)SC1=S. The number of methoxy groups -OCH3 is 2. The smallest absolute Gasteiger partial charge is 0.321 e. The van der Waals surface area contributed by atoms with E-state index in [2.05, 4.69) is 5.43 Å². The van der Waals surface area contributed by atoms with E-state index in [0.717, 1.165) is 11.8 Å². The fraction of sp³-hybridized carbons (Fsp3) is 0.312. The van der Waals surface area contributed by atoms with Gasteiger partial charge in [-0.1, -0.05) is 24.0 Å². The number of esters is 1. The molecule has 1 fully saturated rings. The van der Waals surface area contributed by atoms with Crippen LogP contribution in [0.2, 0.25) is 0 Å². The van der Waals surface area contributed by atoms with E-state index in [0.29, 0.717) is 26.3 Å². The maximum absolute atomic E-state index is 12.5. The molecule has 1 amide bonds. The molecule has 1 aromatic rings. The van der Waals surface area contributed by atoms with Gasteiger partial charge in [0.25, 0.3) is 5.91 Å². The molecular weight excluding hydrogens is 364 g/mol. The van der Waals surface area contributed by atoms with Gasteiger partial charge in [-0.3, -0.25) is 9.59 Å². The second kappa shape index (κ2) is 8.84. The molecule has 1 N–H and O–H groups in total. The Hall–Kier alpha value is -2.10. The van der Waals surface area contributed by atoms with Crippen molar-refractivity contribution in [2.24, 2.45) is 0 Å². The van der Waals surface area contributed by atoms with E-state index in [9.17, 15) is 9.59 Å². The Labute approximate surface area is 155 Å². The zero-order valence-electron chi connectivity index (χ0n) is 14.0. The van der Waals surface area contributed by atoms with E-state index in [4.69, 9.17) is 26.4 Å². The number of hydrazine groups is 1. The van der Waals surface area contributed by atoms with Crippen LogP contribution in [0, 0.1) is 0 Å². The summed E-state index contributed by atoms with van der Waals surface area (Å²) in [5, 5.41) is 1.17. The fourth-order valence-corrected chi connectivity index (χ4v) is 3.25. The summed E-state index contributed by atoms with van der Waals surface area (Å²) in [7, 11) is 3.10. The number of benzene rings is 1. The Bertz CT molecular complexity index is 720. The largest absolute Gasteiger partial charge is 0.497 e. The summed E-state index contributed by atoms with van der Waals surface area (Å²) in [6, 6.07) is 5.29. The number of ether oxygens (including phenoxy) is 3. The van der Waals surface area contributed by atoms with Crippen molar-refractivity contribution in [1.29, 1.82) is 0 Å². The molecule has 134 valence electrons. The lowest BCUT2D eigenvalue weighted by Crippen LogP contribution is -2.44. The van der Waals surface area contributed by atoms with Gasteiger partial charge in [0.1, 0.15) is 18.0 Å². The Morgan fingerprint density at radius 1 is 1.36 bits per heavy atom. The van der Waals surface area contributed by atoms with E-state index < -0.39 is 5.97 Å². The molecule has 0 spiro atoms. The number of thiocarbonyl (C=S) groups is 1. The van der Waals surface area contributed by atoms with Crippen LogP contribution in [0.5, 0.6) is 11.5 Å². The minimum Gasteiger partial charge on any atom is -0.497 e. The summed E-state index contributed by atoms with van der Waals surface area (Å²) in [4.78, 5) is 24.3. The van der Waals surface area contributed by atoms with Gasteiger partial charge >= 0.3 is 5.97 Å². The van der Waals surface area contributed by atoms with Gasteiger partial charge in [0.15, 0.2) is 4.32 Å². The van der Waals surface area contributed by atoms with Crippen LogP contribution in [-0.2, 0) is 14.3 Å². The fourth-order valence-electron chi connectivity index (χ4n) is 2.04. The summed E-state index contributed by atoms with van der Waals surface area (Å²) < 4.78 is 15.6. The molecule has 7 nitrogen and oxygen atoms in total. The second-order valence-corrected chi connectivity index (χ2v) is 6.44. The first kappa shape index (κ1) is 19.2. The van der Waals surface area contributed by atoms with Crippen molar-refractivity contribution in [2.45, 2.75) is 6.92 Å². The van der Waals surface area contributed by atoms with Crippen molar-refractivity contribution in [3.8, 4) is 11.5 Å². The van der Waals surface area contributed by atoms with E-state index in [1.54, 1.807) is 38.3 Å². The topological polar surface area (TPSA) is 77.1 Å². The molecule has 1 heterocycles. The van der Waals surface area contributed by atoms with Crippen LogP contribution >= 0.6 is 24.0 Å². The minimum absolute atomic E-state index is 0.139. The quantitative estimate of drug-likeness (QED) is 0.436. The highest BCUT2D eigenvalue weighted by Crippen LogP contribution is 2.34. The molecule has 0 unspecified atom stereocenters. The third-order valence-corrected chi connectivity index (χ3v) is 4.51. The van der Waals surface area contributed by atoms with Crippen LogP contribution < -0.4 is 14.9 Å². The predicted molar refractivity (Wildman–Crippen MR) is 99.2 cm³/mol. The number of carbonyl (C=O) groups excluding carboxylic acids is 2. The van der Waals surface area contributed by atoms with Crippen LogP contribution in [0.4, 0.5) is 0 Å². The standard InChI is InChI=1S/C16H18N2O5S2/c1-4-23-14(19)9-17-18-15(20)13(25-16(18)24)7-10-5-6-11(21-2)8-12(10)22-3/h5-8,17H,4,9H2,1-3H3/b13-7+. The van der Waals surface area contributed by atoms with Gasteiger partial charge in [0, 0.05) is 11.6 Å². The third kappa shape index (κ3) is 4.71. The average Bonchev–Trinajstić information content (AvgIpc) is 2.87. The monoisotopic (exact) mass is 382 g/mol. The van der Waals surface area contributed by atoms with Crippen LogP contribution in [-0.4, -0.2) is 48.6 Å². The highest BCUT2D eigenvalue weighted by Gasteiger charge is 2.32. The predicted octanol–water partition coefficient (Wildman–Crippen LogP) is 1.97. The molecule has 0 atom stereocenters. The minimum atomic E-state index is -0.461. The van der Waals surface area contributed by atoms with Crippen LogP contribution in [0.3, 0.4) is 0 Å². The van der Waals surface area contributed by atoms with Crippen molar-refractivity contribution >= 4 is 46.3 Å². The first-order valence-electron chi connectivity index (χ1n) is 7.39. The number of rotatable bonds is 7. The molecule has 0 aliphatic carbocycles. The lowest BCUT2D eigenvalue weighted by Gasteiger charge is -2.14. The molecule has 0 radical (unpaired) electrons. The Kier molecular flexibility index (Phi) is 6.80. The second-order valence-electron chi connectivity index (χ2n) is 4.76. The Morgan fingerprint density at radius 3 is 2.76 bits per heavy atom. The maximum Gasteiger partial charge on any atom is 0.321 e. The molecule has 1 saturated heterocycles. The van der Waals surface area contributed by atoms with Crippen LogP contribution in [0.15, 0.2) is 23.1 Å². The zero-order valence-corrected chi connectivity index (χ0v) is 15.7. The van der Waals surface area contributed by atoms with Crippen molar-refractivity contribution in [3.63, 3.8) is 0 Å². The number of hydrogen-bond donors (Lipinski definition) is 1. The van der Waals surface area contributed by atoms with Gasteiger partial charge in [0.05, 0.1) is 25.7 Å². The summed E-state index contributed by atoms with van der Waals surface area (Å²) in [6.07, 6.45) is 1.68. The van der Waals surface area contributed by atoms with Gasteiger partial charge < -0.3 is 14.2 Å². The third-order valence-electron chi connectivity index (χ3n) is 3.21. The number of hydrogen-bond acceptors (Lipinski definition) is 8. The number of carbonyl (C=O) groups is 2. The normalized spacial score (nSPS) is 15.6.